The molecule has 0 bridgehead atoms. The maximum atomic E-state index is 12.7. The van der Waals surface area contributed by atoms with Crippen molar-refractivity contribution >= 4 is 23.5 Å². The molecule has 0 saturated heterocycles. The third-order valence-corrected chi connectivity index (χ3v) is 4.67. The van der Waals surface area contributed by atoms with Crippen LogP contribution >= 0.6 is 11.6 Å². The van der Waals surface area contributed by atoms with Gasteiger partial charge in [0.25, 0.3) is 0 Å². The highest BCUT2D eigenvalue weighted by Crippen LogP contribution is 2.36. The van der Waals surface area contributed by atoms with Crippen molar-refractivity contribution in [1.82, 2.24) is 19.7 Å². The van der Waals surface area contributed by atoms with E-state index in [1.165, 1.54) is 0 Å². The number of pyridine rings is 1. The number of allylic oxidation sites excluding steroid dienone is 1. The molecule has 0 saturated carbocycles. The molecule has 0 radical (unpaired) electrons. The van der Waals surface area contributed by atoms with Gasteiger partial charge in [-0.1, -0.05) is 17.7 Å². The van der Waals surface area contributed by atoms with Crippen LogP contribution in [0.5, 0.6) is 0 Å². The molecule has 0 aliphatic carbocycles. The number of aromatic nitrogens is 4. The molecule has 0 amide bonds. The summed E-state index contributed by atoms with van der Waals surface area (Å²) in [7, 11) is 0. The first-order valence-corrected chi connectivity index (χ1v) is 9.24. The molecule has 8 heteroatoms. The highest BCUT2D eigenvalue weighted by atomic mass is 35.5. The van der Waals surface area contributed by atoms with Gasteiger partial charge in [0, 0.05) is 22.5 Å². The van der Waals surface area contributed by atoms with Crippen LogP contribution in [0.4, 0.5) is 5.95 Å². The van der Waals surface area contributed by atoms with Gasteiger partial charge >= 0.3 is 5.97 Å². The van der Waals surface area contributed by atoms with Gasteiger partial charge in [0.15, 0.2) is 5.82 Å². The zero-order valence-electron chi connectivity index (χ0n) is 15.4. The predicted molar refractivity (Wildman–Crippen MR) is 106 cm³/mol. The molecule has 1 aliphatic heterocycles. The van der Waals surface area contributed by atoms with Crippen LogP contribution < -0.4 is 5.32 Å². The van der Waals surface area contributed by atoms with Crippen molar-refractivity contribution in [1.29, 1.82) is 0 Å². The second-order valence-electron chi connectivity index (χ2n) is 6.25. The fourth-order valence-electron chi connectivity index (χ4n) is 3.16. The van der Waals surface area contributed by atoms with Gasteiger partial charge in [-0.15, -0.1) is 5.10 Å². The number of benzene rings is 1. The van der Waals surface area contributed by atoms with E-state index in [2.05, 4.69) is 20.4 Å². The molecule has 142 valence electrons. The van der Waals surface area contributed by atoms with Crippen molar-refractivity contribution in [3.8, 4) is 11.4 Å². The Kier molecular flexibility index (Phi) is 4.83. The second-order valence-corrected chi connectivity index (χ2v) is 6.69. The van der Waals surface area contributed by atoms with E-state index in [0.29, 0.717) is 33.8 Å². The molecule has 1 atom stereocenters. The molecule has 3 aromatic rings. The van der Waals surface area contributed by atoms with Crippen LogP contribution in [-0.2, 0) is 9.53 Å². The van der Waals surface area contributed by atoms with Gasteiger partial charge in [0.2, 0.25) is 5.95 Å². The summed E-state index contributed by atoms with van der Waals surface area (Å²) in [6.45, 7) is 3.88. The van der Waals surface area contributed by atoms with Gasteiger partial charge in [-0.2, -0.15) is 4.98 Å². The Morgan fingerprint density at radius 1 is 1.25 bits per heavy atom. The highest BCUT2D eigenvalue weighted by Gasteiger charge is 2.36. The monoisotopic (exact) mass is 395 g/mol. The van der Waals surface area contributed by atoms with Crippen LogP contribution in [0.15, 0.2) is 59.9 Å². The molecule has 0 fully saturated rings. The summed E-state index contributed by atoms with van der Waals surface area (Å²) in [5.41, 5.74) is 2.63. The Bertz CT molecular complexity index is 1040. The number of fused-ring (bicyclic) bond motifs is 1. The van der Waals surface area contributed by atoms with Crippen molar-refractivity contribution in [3.63, 3.8) is 0 Å². The maximum Gasteiger partial charge on any atom is 0.338 e. The lowest BCUT2D eigenvalue weighted by atomic mass is 10.00. The number of carbonyl (C=O) groups is 1. The fourth-order valence-corrected chi connectivity index (χ4v) is 3.28. The summed E-state index contributed by atoms with van der Waals surface area (Å²) in [5.74, 6) is 0.654. The van der Waals surface area contributed by atoms with Crippen molar-refractivity contribution in [3.05, 3.63) is 70.6 Å². The van der Waals surface area contributed by atoms with Gasteiger partial charge in [-0.25, -0.2) is 9.48 Å². The molecule has 4 rings (SSSR count). The summed E-state index contributed by atoms with van der Waals surface area (Å²) in [4.78, 5) is 21.7. The van der Waals surface area contributed by atoms with Gasteiger partial charge in [0.05, 0.1) is 17.9 Å². The quantitative estimate of drug-likeness (QED) is 0.676. The third kappa shape index (κ3) is 3.25. The Balaban J connectivity index is 1.84. The number of halogens is 1. The highest BCUT2D eigenvalue weighted by molar-refractivity contribution is 6.30. The number of nitrogens with one attached hydrogen (secondary N) is 1. The number of carbonyl (C=O) groups excluding carboxylic acids is 1. The van der Waals surface area contributed by atoms with Crippen molar-refractivity contribution in [2.45, 2.75) is 19.9 Å². The molecule has 1 aromatic carbocycles. The van der Waals surface area contributed by atoms with Crippen LogP contribution in [0, 0.1) is 0 Å². The van der Waals surface area contributed by atoms with Crippen LogP contribution in [0.1, 0.15) is 25.6 Å². The Morgan fingerprint density at radius 2 is 2.04 bits per heavy atom. The largest absolute Gasteiger partial charge is 0.463 e. The van der Waals surface area contributed by atoms with Gasteiger partial charge < -0.3 is 10.1 Å². The van der Waals surface area contributed by atoms with E-state index >= 15 is 0 Å². The van der Waals surface area contributed by atoms with E-state index in [4.69, 9.17) is 16.3 Å². The van der Waals surface area contributed by atoms with E-state index in [-0.39, 0.29) is 6.61 Å². The first-order chi connectivity index (χ1) is 13.6. The zero-order valence-corrected chi connectivity index (χ0v) is 16.1. The number of anilines is 1. The van der Waals surface area contributed by atoms with Gasteiger partial charge in [0.1, 0.15) is 6.04 Å². The average molecular weight is 396 g/mol. The SMILES string of the molecule is CCOC(=O)C1=C(C)Nc2nc(-c3ccc(Cl)cc3)nn2C1c1ccccn1. The average Bonchev–Trinajstić information content (AvgIpc) is 3.11. The van der Waals surface area contributed by atoms with Crippen LogP contribution in [0.2, 0.25) is 5.02 Å². The second kappa shape index (κ2) is 7.44. The lowest BCUT2D eigenvalue weighted by Gasteiger charge is -2.27. The maximum absolute atomic E-state index is 12.7. The van der Waals surface area contributed by atoms with Crippen molar-refractivity contribution in [2.75, 3.05) is 11.9 Å². The molecule has 3 heterocycles. The molecule has 28 heavy (non-hydrogen) atoms. The number of rotatable bonds is 4. The van der Waals surface area contributed by atoms with Crippen LogP contribution in [0.3, 0.4) is 0 Å². The van der Waals surface area contributed by atoms with Crippen molar-refractivity contribution < 1.29 is 9.53 Å². The lowest BCUT2D eigenvalue weighted by molar-refractivity contribution is -0.139. The summed E-state index contributed by atoms with van der Waals surface area (Å²) in [6, 6.07) is 12.3. The molecule has 1 unspecified atom stereocenters. The number of nitrogens with zero attached hydrogens (tertiary/aromatic N) is 4. The van der Waals surface area contributed by atoms with E-state index in [1.54, 1.807) is 29.9 Å². The number of hydrogen-bond donors (Lipinski definition) is 1. The van der Waals surface area contributed by atoms with E-state index < -0.39 is 12.0 Å². The number of esters is 1. The minimum Gasteiger partial charge on any atom is -0.463 e. The number of ether oxygens (including phenoxy) is 1. The topological polar surface area (TPSA) is 81.9 Å². The van der Waals surface area contributed by atoms with Gasteiger partial charge in [-0.05, 0) is 50.2 Å². The number of hydrogen-bond acceptors (Lipinski definition) is 6. The van der Waals surface area contributed by atoms with Gasteiger partial charge in [-0.3, -0.25) is 4.98 Å². The molecule has 1 aliphatic rings. The minimum absolute atomic E-state index is 0.283. The summed E-state index contributed by atoms with van der Waals surface area (Å²) >= 11 is 5.98. The summed E-state index contributed by atoms with van der Waals surface area (Å²) in [5, 5.41) is 8.46. The molecule has 1 N–H and O–H groups in total. The summed E-state index contributed by atoms with van der Waals surface area (Å²) in [6.07, 6.45) is 1.69. The minimum atomic E-state index is -0.537. The molecule has 7 nitrogen and oxygen atoms in total. The van der Waals surface area contributed by atoms with E-state index in [9.17, 15) is 4.79 Å². The first kappa shape index (κ1) is 18.2. The summed E-state index contributed by atoms with van der Waals surface area (Å²) < 4.78 is 6.95. The molecule has 0 spiro atoms. The smallest absolute Gasteiger partial charge is 0.338 e. The Hall–Kier alpha value is -3.19. The predicted octanol–water partition coefficient (Wildman–Crippen LogP) is 3.85. The van der Waals surface area contributed by atoms with Crippen molar-refractivity contribution in [2.24, 2.45) is 0 Å². The van der Waals surface area contributed by atoms with E-state index in [0.717, 1.165) is 5.56 Å². The molecule has 2 aromatic heterocycles. The zero-order chi connectivity index (χ0) is 19.7. The van der Waals surface area contributed by atoms with Crippen LogP contribution in [-0.4, -0.2) is 32.3 Å². The fraction of sp³-hybridized carbons (Fsp3) is 0.200. The standard InChI is InChI=1S/C20H18ClN5O2/c1-3-28-19(27)16-12(2)23-20-24-18(13-7-9-14(21)10-8-13)25-26(20)17(16)15-6-4-5-11-22-15/h4-11,17H,3H2,1-2H3,(H,23,24,25). The lowest BCUT2D eigenvalue weighted by Crippen LogP contribution is -2.30. The first-order valence-electron chi connectivity index (χ1n) is 8.86. The normalized spacial score (nSPS) is 15.8. The Morgan fingerprint density at radius 3 is 2.71 bits per heavy atom. The van der Waals surface area contributed by atoms with E-state index in [1.807, 2.05) is 37.3 Å². The van der Waals surface area contributed by atoms with Crippen LogP contribution in [0.25, 0.3) is 11.4 Å². The molecular weight excluding hydrogens is 378 g/mol. The molecular formula is C20H18ClN5O2. The Labute approximate surface area is 167 Å². The third-order valence-electron chi connectivity index (χ3n) is 4.42.